The highest BCUT2D eigenvalue weighted by molar-refractivity contribution is 5.92. The smallest absolute Gasteiger partial charge is 0.303 e. The van der Waals surface area contributed by atoms with E-state index in [1.54, 1.807) is 6.92 Å². The van der Waals surface area contributed by atoms with Crippen LogP contribution >= 0.6 is 0 Å². The zero-order valence-electron chi connectivity index (χ0n) is 12.2. The minimum Gasteiger partial charge on any atom is -0.481 e. The van der Waals surface area contributed by atoms with Crippen molar-refractivity contribution in [2.45, 2.75) is 13.3 Å². The first-order chi connectivity index (χ1) is 10.9. The summed E-state index contributed by atoms with van der Waals surface area (Å²) >= 11 is 0. The Morgan fingerprint density at radius 2 is 2.00 bits per heavy atom. The number of amides is 1. The van der Waals surface area contributed by atoms with Gasteiger partial charge in [0.05, 0.1) is 0 Å². The topological polar surface area (TPSA) is 92.4 Å². The predicted molar refractivity (Wildman–Crippen MR) is 75.6 cm³/mol. The Hall–Kier alpha value is -2.77. The van der Waals surface area contributed by atoms with E-state index < -0.39 is 29.1 Å². The number of benzene rings is 1. The first-order valence-corrected chi connectivity index (χ1v) is 6.78. The second-order valence-corrected chi connectivity index (χ2v) is 5.05. The van der Waals surface area contributed by atoms with Crippen molar-refractivity contribution in [2.75, 3.05) is 6.54 Å². The predicted octanol–water partition coefficient (Wildman–Crippen LogP) is 2.46. The van der Waals surface area contributed by atoms with E-state index in [4.69, 9.17) is 9.52 Å². The largest absolute Gasteiger partial charge is 0.481 e. The molecule has 0 aliphatic heterocycles. The summed E-state index contributed by atoms with van der Waals surface area (Å²) in [6.45, 7) is 1.79. The number of rotatable bonds is 6. The van der Waals surface area contributed by atoms with Gasteiger partial charge in [-0.25, -0.2) is 13.8 Å². The Kier molecular flexibility index (Phi) is 5.05. The molecule has 0 saturated carbocycles. The molecule has 0 radical (unpaired) electrons. The van der Waals surface area contributed by atoms with Crippen LogP contribution in [0.25, 0.3) is 11.5 Å². The number of aromatic nitrogens is 1. The standard InChI is InChI=1S/C15H14F2N2O4/c1-8(5-12(20)21)6-18-14(22)11-7-23-15(19-11)13-9(16)3-2-4-10(13)17/h2-4,7-8H,5-6H2,1H3,(H,18,22)(H,20,21). The Morgan fingerprint density at radius 3 is 2.61 bits per heavy atom. The number of nitrogens with zero attached hydrogens (tertiary/aromatic N) is 1. The van der Waals surface area contributed by atoms with E-state index in [2.05, 4.69) is 10.3 Å². The van der Waals surface area contributed by atoms with Crippen molar-refractivity contribution >= 4 is 11.9 Å². The Balaban J connectivity index is 2.07. The van der Waals surface area contributed by atoms with Gasteiger partial charge >= 0.3 is 5.97 Å². The number of carboxylic acid groups (broad SMARTS) is 1. The highest BCUT2D eigenvalue weighted by Gasteiger charge is 2.19. The van der Waals surface area contributed by atoms with Gasteiger partial charge in [-0.3, -0.25) is 9.59 Å². The van der Waals surface area contributed by atoms with Gasteiger partial charge < -0.3 is 14.8 Å². The van der Waals surface area contributed by atoms with Crippen molar-refractivity contribution in [2.24, 2.45) is 5.92 Å². The molecule has 8 heteroatoms. The minimum atomic E-state index is -0.967. The maximum absolute atomic E-state index is 13.6. The zero-order valence-corrected chi connectivity index (χ0v) is 12.2. The van der Waals surface area contributed by atoms with Crippen LogP contribution in [0.15, 0.2) is 28.9 Å². The first kappa shape index (κ1) is 16.6. The minimum absolute atomic E-state index is 0.0925. The number of hydrogen-bond acceptors (Lipinski definition) is 4. The molecule has 122 valence electrons. The lowest BCUT2D eigenvalue weighted by Crippen LogP contribution is -2.29. The molecule has 23 heavy (non-hydrogen) atoms. The molecule has 0 aliphatic rings. The summed E-state index contributed by atoms with van der Waals surface area (Å²) in [6, 6.07) is 3.31. The molecule has 2 N–H and O–H groups in total. The number of nitrogens with one attached hydrogen (secondary N) is 1. The van der Waals surface area contributed by atoms with E-state index in [0.29, 0.717) is 0 Å². The number of oxazole rings is 1. The monoisotopic (exact) mass is 324 g/mol. The molecule has 0 spiro atoms. The van der Waals surface area contributed by atoms with E-state index in [-0.39, 0.29) is 30.5 Å². The normalized spacial score (nSPS) is 12.0. The Labute approximate surface area is 130 Å². The molecular weight excluding hydrogens is 310 g/mol. The van der Waals surface area contributed by atoms with Gasteiger partial charge in [0.25, 0.3) is 5.91 Å². The Bertz CT molecular complexity index is 710. The van der Waals surface area contributed by atoms with Crippen LogP contribution in [-0.4, -0.2) is 28.5 Å². The van der Waals surface area contributed by atoms with Crippen LogP contribution in [-0.2, 0) is 4.79 Å². The summed E-state index contributed by atoms with van der Waals surface area (Å²) in [5.74, 6) is -3.90. The molecule has 6 nitrogen and oxygen atoms in total. The maximum Gasteiger partial charge on any atom is 0.303 e. The van der Waals surface area contributed by atoms with Gasteiger partial charge in [0, 0.05) is 13.0 Å². The number of hydrogen-bond donors (Lipinski definition) is 2. The van der Waals surface area contributed by atoms with Gasteiger partial charge in [0.15, 0.2) is 5.69 Å². The summed E-state index contributed by atoms with van der Waals surface area (Å²) in [6.07, 6.45) is 0.892. The summed E-state index contributed by atoms with van der Waals surface area (Å²) < 4.78 is 32.2. The van der Waals surface area contributed by atoms with Gasteiger partial charge in [-0.05, 0) is 18.1 Å². The first-order valence-electron chi connectivity index (χ1n) is 6.78. The van der Waals surface area contributed by atoms with Gasteiger partial charge in [-0.15, -0.1) is 0 Å². The summed E-state index contributed by atoms with van der Waals surface area (Å²) in [4.78, 5) is 26.2. The molecule has 0 fully saturated rings. The quantitative estimate of drug-likeness (QED) is 0.851. The highest BCUT2D eigenvalue weighted by atomic mass is 19.1. The average Bonchev–Trinajstić information content (AvgIpc) is 2.93. The molecule has 1 aromatic heterocycles. The van der Waals surface area contributed by atoms with Crippen molar-refractivity contribution in [3.63, 3.8) is 0 Å². The van der Waals surface area contributed by atoms with Crippen LogP contribution in [0.3, 0.4) is 0 Å². The van der Waals surface area contributed by atoms with Crippen LogP contribution in [0, 0.1) is 17.6 Å². The molecule has 1 aromatic carbocycles. The fourth-order valence-corrected chi connectivity index (χ4v) is 1.92. The number of carbonyl (C=O) groups excluding carboxylic acids is 1. The molecule has 0 bridgehead atoms. The van der Waals surface area contributed by atoms with Crippen LogP contribution in [0.5, 0.6) is 0 Å². The van der Waals surface area contributed by atoms with E-state index in [9.17, 15) is 18.4 Å². The van der Waals surface area contributed by atoms with Crippen LogP contribution in [0.4, 0.5) is 8.78 Å². The molecule has 1 atom stereocenters. The SMILES string of the molecule is CC(CNC(=O)c1coc(-c2c(F)cccc2F)n1)CC(=O)O. The summed E-state index contributed by atoms with van der Waals surface area (Å²) in [5.41, 5.74) is -0.601. The molecule has 0 aliphatic carbocycles. The van der Waals surface area contributed by atoms with Gasteiger partial charge in [0.2, 0.25) is 5.89 Å². The number of aliphatic carboxylic acids is 1. The molecular formula is C15H14F2N2O4. The molecule has 1 heterocycles. The number of carboxylic acids is 1. The molecule has 0 saturated heterocycles. The molecule has 1 unspecified atom stereocenters. The third-order valence-corrected chi connectivity index (χ3v) is 3.05. The zero-order chi connectivity index (χ0) is 17.0. The van der Waals surface area contributed by atoms with E-state index in [1.165, 1.54) is 6.07 Å². The lowest BCUT2D eigenvalue weighted by atomic mass is 10.1. The van der Waals surface area contributed by atoms with Crippen molar-refractivity contribution in [3.05, 3.63) is 41.8 Å². The third-order valence-electron chi connectivity index (χ3n) is 3.05. The molecule has 1 amide bonds. The fraction of sp³-hybridized carbons (Fsp3) is 0.267. The van der Waals surface area contributed by atoms with Crippen molar-refractivity contribution in [3.8, 4) is 11.5 Å². The van der Waals surface area contributed by atoms with Crippen LogP contribution in [0.1, 0.15) is 23.8 Å². The molecule has 2 rings (SSSR count). The van der Waals surface area contributed by atoms with Crippen molar-refractivity contribution in [1.29, 1.82) is 0 Å². The van der Waals surface area contributed by atoms with E-state index >= 15 is 0 Å². The van der Waals surface area contributed by atoms with Crippen LogP contribution in [0.2, 0.25) is 0 Å². The summed E-state index contributed by atoms with van der Waals surface area (Å²) in [5, 5.41) is 11.1. The lowest BCUT2D eigenvalue weighted by molar-refractivity contribution is -0.137. The maximum atomic E-state index is 13.6. The lowest BCUT2D eigenvalue weighted by Gasteiger charge is -2.08. The van der Waals surface area contributed by atoms with Gasteiger partial charge in [-0.2, -0.15) is 0 Å². The van der Waals surface area contributed by atoms with Gasteiger partial charge in [0.1, 0.15) is 23.5 Å². The average molecular weight is 324 g/mol. The van der Waals surface area contributed by atoms with E-state index in [0.717, 1.165) is 18.4 Å². The van der Waals surface area contributed by atoms with Gasteiger partial charge in [-0.1, -0.05) is 13.0 Å². The second kappa shape index (κ2) is 6.99. The Morgan fingerprint density at radius 1 is 1.35 bits per heavy atom. The fourth-order valence-electron chi connectivity index (χ4n) is 1.92. The van der Waals surface area contributed by atoms with Crippen molar-refractivity contribution < 1.29 is 27.9 Å². The van der Waals surface area contributed by atoms with Crippen LogP contribution < -0.4 is 5.32 Å². The number of carbonyl (C=O) groups is 2. The van der Waals surface area contributed by atoms with Crippen molar-refractivity contribution in [1.82, 2.24) is 10.3 Å². The second-order valence-electron chi connectivity index (χ2n) is 5.05. The number of halogens is 2. The highest BCUT2D eigenvalue weighted by Crippen LogP contribution is 2.25. The molecule has 2 aromatic rings. The third kappa shape index (κ3) is 4.12. The summed E-state index contributed by atoms with van der Waals surface area (Å²) in [7, 11) is 0. The van der Waals surface area contributed by atoms with E-state index in [1.807, 2.05) is 0 Å².